The molecule has 0 radical (unpaired) electrons. The minimum Gasteiger partial charge on any atom is -0.493 e. The SMILES string of the molecule is COc1ccc(-c2csc(CN3CCN(C(C)=O)CC3)n2)cc1OC. The molecular formula is C18H23N3O3S. The van der Waals surface area contributed by atoms with E-state index < -0.39 is 0 Å². The first-order valence-electron chi connectivity index (χ1n) is 8.25. The van der Waals surface area contributed by atoms with Crippen LogP contribution in [0.15, 0.2) is 23.6 Å². The Morgan fingerprint density at radius 2 is 1.88 bits per heavy atom. The van der Waals surface area contributed by atoms with Crippen LogP contribution in [-0.2, 0) is 11.3 Å². The first-order valence-corrected chi connectivity index (χ1v) is 9.13. The molecule has 2 aromatic rings. The van der Waals surface area contributed by atoms with Crippen LogP contribution in [0.3, 0.4) is 0 Å². The molecule has 0 saturated carbocycles. The standard InChI is InChI=1S/C18H23N3O3S/c1-13(22)21-8-6-20(7-9-21)11-18-19-15(12-25-18)14-4-5-16(23-2)17(10-14)24-3/h4-5,10,12H,6-9,11H2,1-3H3. The lowest BCUT2D eigenvalue weighted by molar-refractivity contribution is -0.130. The van der Waals surface area contributed by atoms with Gasteiger partial charge in [-0.3, -0.25) is 9.69 Å². The van der Waals surface area contributed by atoms with E-state index in [1.807, 2.05) is 23.1 Å². The van der Waals surface area contributed by atoms with E-state index >= 15 is 0 Å². The Morgan fingerprint density at radius 1 is 1.16 bits per heavy atom. The summed E-state index contributed by atoms with van der Waals surface area (Å²) in [4.78, 5) is 20.4. The molecule has 1 aromatic heterocycles. The normalized spacial score (nSPS) is 15.2. The molecule has 1 aromatic carbocycles. The van der Waals surface area contributed by atoms with Crippen molar-refractivity contribution in [2.45, 2.75) is 13.5 Å². The first kappa shape index (κ1) is 17.7. The summed E-state index contributed by atoms with van der Waals surface area (Å²) in [6, 6.07) is 5.84. The fourth-order valence-corrected chi connectivity index (χ4v) is 3.77. The summed E-state index contributed by atoms with van der Waals surface area (Å²) in [7, 11) is 3.26. The molecule has 1 amide bonds. The molecule has 1 aliphatic heterocycles. The minimum absolute atomic E-state index is 0.157. The van der Waals surface area contributed by atoms with Gasteiger partial charge in [0.2, 0.25) is 5.91 Å². The van der Waals surface area contributed by atoms with Crippen LogP contribution in [-0.4, -0.2) is 61.1 Å². The smallest absolute Gasteiger partial charge is 0.219 e. The second-order valence-electron chi connectivity index (χ2n) is 5.98. The van der Waals surface area contributed by atoms with E-state index in [1.54, 1.807) is 32.5 Å². The predicted molar refractivity (Wildman–Crippen MR) is 98.2 cm³/mol. The molecule has 25 heavy (non-hydrogen) atoms. The third-order valence-corrected chi connectivity index (χ3v) is 5.24. The number of benzene rings is 1. The maximum Gasteiger partial charge on any atom is 0.219 e. The minimum atomic E-state index is 0.157. The zero-order valence-electron chi connectivity index (χ0n) is 14.8. The lowest BCUT2D eigenvalue weighted by Gasteiger charge is -2.33. The number of hydrogen-bond donors (Lipinski definition) is 0. The number of rotatable bonds is 5. The van der Waals surface area contributed by atoms with Gasteiger partial charge in [-0.05, 0) is 18.2 Å². The third kappa shape index (κ3) is 4.11. The highest BCUT2D eigenvalue weighted by Crippen LogP contribution is 2.32. The van der Waals surface area contributed by atoms with Crippen molar-refractivity contribution in [3.63, 3.8) is 0 Å². The van der Waals surface area contributed by atoms with E-state index in [0.29, 0.717) is 11.5 Å². The van der Waals surface area contributed by atoms with Gasteiger partial charge >= 0.3 is 0 Å². The van der Waals surface area contributed by atoms with Crippen molar-refractivity contribution in [2.75, 3.05) is 40.4 Å². The van der Waals surface area contributed by atoms with Gasteiger partial charge in [0.05, 0.1) is 26.5 Å². The average Bonchev–Trinajstić information content (AvgIpc) is 3.10. The third-order valence-electron chi connectivity index (χ3n) is 4.41. The molecule has 0 atom stereocenters. The monoisotopic (exact) mass is 361 g/mol. The summed E-state index contributed by atoms with van der Waals surface area (Å²) in [5, 5.41) is 3.16. The Kier molecular flexibility index (Phi) is 5.55. The highest BCUT2D eigenvalue weighted by Gasteiger charge is 2.19. The molecule has 1 fully saturated rings. The van der Waals surface area contributed by atoms with Gasteiger partial charge in [0.15, 0.2) is 11.5 Å². The van der Waals surface area contributed by atoms with E-state index in [1.165, 1.54) is 0 Å². The second kappa shape index (κ2) is 7.84. The first-order chi connectivity index (χ1) is 12.1. The van der Waals surface area contributed by atoms with E-state index in [9.17, 15) is 4.79 Å². The molecule has 3 rings (SSSR count). The number of nitrogens with zero attached hydrogens (tertiary/aromatic N) is 3. The Hall–Kier alpha value is -2.12. The lowest BCUT2D eigenvalue weighted by atomic mass is 10.1. The van der Waals surface area contributed by atoms with Gasteiger partial charge in [-0.2, -0.15) is 0 Å². The van der Waals surface area contributed by atoms with Crippen LogP contribution >= 0.6 is 11.3 Å². The fourth-order valence-electron chi connectivity index (χ4n) is 2.92. The Balaban J connectivity index is 1.66. The molecule has 0 unspecified atom stereocenters. The Bertz CT molecular complexity index is 739. The maximum atomic E-state index is 11.4. The molecule has 6 nitrogen and oxygen atoms in total. The molecule has 0 aliphatic carbocycles. The Labute approximate surface area is 152 Å². The highest BCUT2D eigenvalue weighted by atomic mass is 32.1. The second-order valence-corrected chi connectivity index (χ2v) is 6.92. The quantitative estimate of drug-likeness (QED) is 0.819. The molecule has 2 heterocycles. The van der Waals surface area contributed by atoms with Crippen molar-refractivity contribution in [3.8, 4) is 22.8 Å². The number of carbonyl (C=O) groups excluding carboxylic acids is 1. The summed E-state index contributed by atoms with van der Waals surface area (Å²) in [5.41, 5.74) is 1.96. The fraction of sp³-hybridized carbons (Fsp3) is 0.444. The van der Waals surface area contributed by atoms with Gasteiger partial charge < -0.3 is 14.4 Å². The number of hydrogen-bond acceptors (Lipinski definition) is 6. The summed E-state index contributed by atoms with van der Waals surface area (Å²) in [6.07, 6.45) is 0. The van der Waals surface area contributed by atoms with Crippen molar-refractivity contribution < 1.29 is 14.3 Å². The summed E-state index contributed by atoms with van der Waals surface area (Å²) in [5.74, 6) is 1.57. The molecule has 1 aliphatic rings. The summed E-state index contributed by atoms with van der Waals surface area (Å²) < 4.78 is 10.6. The molecule has 0 spiro atoms. The van der Waals surface area contributed by atoms with Gasteiger partial charge in [0.1, 0.15) is 5.01 Å². The van der Waals surface area contributed by atoms with Crippen LogP contribution in [0.1, 0.15) is 11.9 Å². The van der Waals surface area contributed by atoms with Crippen molar-refractivity contribution in [2.24, 2.45) is 0 Å². The highest BCUT2D eigenvalue weighted by molar-refractivity contribution is 7.09. The summed E-state index contributed by atoms with van der Waals surface area (Å²) >= 11 is 1.66. The van der Waals surface area contributed by atoms with Crippen LogP contribution in [0, 0.1) is 0 Å². The van der Waals surface area contributed by atoms with Crippen LogP contribution in [0.2, 0.25) is 0 Å². The number of ether oxygens (including phenoxy) is 2. The van der Waals surface area contributed by atoms with Crippen molar-refractivity contribution in [3.05, 3.63) is 28.6 Å². The largest absolute Gasteiger partial charge is 0.493 e. The van der Waals surface area contributed by atoms with Crippen LogP contribution in [0.4, 0.5) is 0 Å². The van der Waals surface area contributed by atoms with Gasteiger partial charge in [0.25, 0.3) is 0 Å². The molecule has 0 bridgehead atoms. The van der Waals surface area contributed by atoms with Crippen LogP contribution in [0.5, 0.6) is 11.5 Å². The zero-order chi connectivity index (χ0) is 17.8. The number of carbonyl (C=O) groups is 1. The van der Waals surface area contributed by atoms with Crippen LogP contribution in [0.25, 0.3) is 11.3 Å². The number of methoxy groups -OCH3 is 2. The lowest BCUT2D eigenvalue weighted by Crippen LogP contribution is -2.47. The van der Waals surface area contributed by atoms with E-state index in [0.717, 1.165) is 49.0 Å². The van der Waals surface area contributed by atoms with Gasteiger partial charge in [0, 0.05) is 44.0 Å². The molecule has 7 heteroatoms. The van der Waals surface area contributed by atoms with E-state index in [-0.39, 0.29) is 5.91 Å². The molecule has 134 valence electrons. The number of thiazole rings is 1. The number of aromatic nitrogens is 1. The number of amides is 1. The van der Waals surface area contributed by atoms with E-state index in [4.69, 9.17) is 14.5 Å². The molecular weight excluding hydrogens is 338 g/mol. The van der Waals surface area contributed by atoms with Crippen LogP contribution < -0.4 is 9.47 Å². The van der Waals surface area contributed by atoms with Crippen molar-refractivity contribution in [1.29, 1.82) is 0 Å². The molecule has 1 saturated heterocycles. The Morgan fingerprint density at radius 3 is 2.52 bits per heavy atom. The van der Waals surface area contributed by atoms with Crippen molar-refractivity contribution in [1.82, 2.24) is 14.8 Å². The number of piperazine rings is 1. The summed E-state index contributed by atoms with van der Waals surface area (Å²) in [6.45, 7) is 5.83. The van der Waals surface area contributed by atoms with Crippen molar-refractivity contribution >= 4 is 17.2 Å². The van der Waals surface area contributed by atoms with E-state index in [2.05, 4.69) is 10.3 Å². The molecule has 0 N–H and O–H groups in total. The van der Waals surface area contributed by atoms with Gasteiger partial charge in [-0.1, -0.05) is 0 Å². The topological polar surface area (TPSA) is 54.9 Å². The van der Waals surface area contributed by atoms with Gasteiger partial charge in [-0.25, -0.2) is 4.98 Å². The maximum absolute atomic E-state index is 11.4. The predicted octanol–water partition coefficient (Wildman–Crippen LogP) is 2.49. The average molecular weight is 361 g/mol. The zero-order valence-corrected chi connectivity index (χ0v) is 15.6. The van der Waals surface area contributed by atoms with Gasteiger partial charge in [-0.15, -0.1) is 11.3 Å².